The largest absolute Gasteiger partial charge is 0.395 e. The Kier molecular flexibility index (Phi) is 5.09. The van der Waals surface area contributed by atoms with E-state index < -0.39 is 0 Å². The van der Waals surface area contributed by atoms with Crippen LogP contribution in [0, 0.1) is 0 Å². The molecule has 2 aromatic heterocycles. The normalized spacial score (nSPS) is 15.2. The number of aliphatic hydroxyl groups is 1. The minimum atomic E-state index is 0.0226. The molecule has 4 rings (SSSR count). The van der Waals surface area contributed by atoms with E-state index >= 15 is 0 Å². The summed E-state index contributed by atoms with van der Waals surface area (Å²) >= 11 is 0. The van der Waals surface area contributed by atoms with Crippen molar-refractivity contribution in [2.45, 2.75) is 0 Å². The van der Waals surface area contributed by atoms with E-state index in [4.69, 9.17) is 10.1 Å². The second-order valence-electron chi connectivity index (χ2n) is 6.64. The topological polar surface area (TPSA) is 69.6 Å². The Labute approximate surface area is 158 Å². The molecule has 1 N–H and O–H groups in total. The number of nitrogens with zero attached hydrogens (tertiary/aromatic N) is 4. The third-order valence-corrected chi connectivity index (χ3v) is 4.95. The molecule has 0 unspecified atom stereocenters. The molecule has 3 heterocycles. The van der Waals surface area contributed by atoms with Gasteiger partial charge in [0.05, 0.1) is 29.1 Å². The van der Waals surface area contributed by atoms with Crippen LogP contribution in [0.2, 0.25) is 0 Å². The van der Waals surface area contributed by atoms with Crippen LogP contribution in [0.5, 0.6) is 0 Å². The highest BCUT2D eigenvalue weighted by Crippen LogP contribution is 2.25. The molecule has 1 aliphatic heterocycles. The fraction of sp³-hybridized carbons (Fsp3) is 0.286. The highest BCUT2D eigenvalue weighted by Gasteiger charge is 2.24. The first-order valence-electron chi connectivity index (χ1n) is 9.20. The number of amides is 1. The highest BCUT2D eigenvalue weighted by molar-refractivity contribution is 6.07. The first-order chi connectivity index (χ1) is 13.3. The summed E-state index contributed by atoms with van der Waals surface area (Å²) in [4.78, 5) is 26.4. The molecule has 0 saturated carbocycles. The molecule has 0 aliphatic carbocycles. The highest BCUT2D eigenvalue weighted by atomic mass is 16.3. The molecule has 6 heteroatoms. The zero-order chi connectivity index (χ0) is 18.6. The molecule has 1 aromatic carbocycles. The second-order valence-corrected chi connectivity index (χ2v) is 6.64. The maximum Gasteiger partial charge on any atom is 0.254 e. The number of benzene rings is 1. The van der Waals surface area contributed by atoms with Gasteiger partial charge in [0.2, 0.25) is 0 Å². The zero-order valence-corrected chi connectivity index (χ0v) is 15.1. The number of piperazine rings is 1. The fourth-order valence-electron chi connectivity index (χ4n) is 3.48. The Morgan fingerprint density at radius 2 is 1.78 bits per heavy atom. The van der Waals surface area contributed by atoms with Crippen LogP contribution in [0.4, 0.5) is 0 Å². The number of carbonyl (C=O) groups excluding carboxylic acids is 1. The van der Waals surface area contributed by atoms with E-state index in [1.54, 1.807) is 6.20 Å². The van der Waals surface area contributed by atoms with Gasteiger partial charge in [0, 0.05) is 44.3 Å². The smallest absolute Gasteiger partial charge is 0.254 e. The van der Waals surface area contributed by atoms with E-state index in [1.807, 2.05) is 53.4 Å². The van der Waals surface area contributed by atoms with Gasteiger partial charge in [-0.3, -0.25) is 14.7 Å². The van der Waals surface area contributed by atoms with Crippen molar-refractivity contribution in [1.29, 1.82) is 0 Å². The minimum Gasteiger partial charge on any atom is -0.395 e. The summed E-state index contributed by atoms with van der Waals surface area (Å²) in [6, 6.07) is 15.3. The summed E-state index contributed by atoms with van der Waals surface area (Å²) in [5, 5.41) is 9.95. The molecule has 1 fully saturated rings. The van der Waals surface area contributed by atoms with Crippen molar-refractivity contribution in [3.63, 3.8) is 0 Å². The van der Waals surface area contributed by atoms with Crippen LogP contribution in [0.15, 0.2) is 54.7 Å². The number of hydrogen-bond donors (Lipinski definition) is 1. The number of fused-ring (bicyclic) bond motifs is 1. The van der Waals surface area contributed by atoms with Gasteiger partial charge in [0.1, 0.15) is 0 Å². The molecule has 1 amide bonds. The summed E-state index contributed by atoms with van der Waals surface area (Å²) in [7, 11) is 0. The van der Waals surface area contributed by atoms with E-state index in [-0.39, 0.29) is 12.5 Å². The van der Waals surface area contributed by atoms with E-state index in [1.165, 1.54) is 0 Å². The lowest BCUT2D eigenvalue weighted by Gasteiger charge is -2.34. The van der Waals surface area contributed by atoms with Crippen LogP contribution in [0.3, 0.4) is 0 Å². The number of aliphatic hydroxyl groups excluding tert-OH is 1. The predicted octanol–water partition coefficient (Wildman–Crippen LogP) is 2.05. The summed E-state index contributed by atoms with van der Waals surface area (Å²) in [6.07, 6.45) is 1.73. The van der Waals surface area contributed by atoms with Crippen LogP contribution in [0.1, 0.15) is 10.4 Å². The summed E-state index contributed by atoms with van der Waals surface area (Å²) in [5.74, 6) is 0.0226. The number of pyridine rings is 2. The summed E-state index contributed by atoms with van der Waals surface area (Å²) < 4.78 is 0. The number of hydrogen-bond acceptors (Lipinski definition) is 5. The Hall–Kier alpha value is -2.83. The van der Waals surface area contributed by atoms with Crippen LogP contribution in [-0.4, -0.2) is 70.1 Å². The van der Waals surface area contributed by atoms with Crippen molar-refractivity contribution in [2.24, 2.45) is 0 Å². The number of carbonyl (C=O) groups is 1. The third kappa shape index (κ3) is 3.67. The Balaban J connectivity index is 1.69. The molecule has 0 radical (unpaired) electrons. The van der Waals surface area contributed by atoms with Gasteiger partial charge < -0.3 is 10.0 Å². The average molecular weight is 362 g/mol. The number of aromatic nitrogens is 2. The molecule has 27 heavy (non-hydrogen) atoms. The van der Waals surface area contributed by atoms with Gasteiger partial charge in [-0.1, -0.05) is 24.3 Å². The standard InChI is InChI=1S/C21H22N4O2/c26-14-13-24-9-11-25(12-10-24)21(27)17-15-20(19-7-3-4-8-22-19)23-18-6-2-1-5-16(17)18/h1-8,15,26H,9-14H2. The fourth-order valence-corrected chi connectivity index (χ4v) is 3.48. The van der Waals surface area contributed by atoms with Crippen molar-refractivity contribution in [2.75, 3.05) is 39.3 Å². The van der Waals surface area contributed by atoms with E-state index in [0.29, 0.717) is 30.9 Å². The third-order valence-electron chi connectivity index (χ3n) is 4.95. The first kappa shape index (κ1) is 17.6. The lowest BCUT2D eigenvalue weighted by atomic mass is 10.0. The Morgan fingerprint density at radius 1 is 1.00 bits per heavy atom. The number of rotatable bonds is 4. The molecule has 0 bridgehead atoms. The molecule has 6 nitrogen and oxygen atoms in total. The SMILES string of the molecule is O=C(c1cc(-c2ccccn2)nc2ccccc12)N1CCN(CCO)CC1. The Bertz CT molecular complexity index is 937. The van der Waals surface area contributed by atoms with Crippen LogP contribution in [0.25, 0.3) is 22.3 Å². The maximum absolute atomic E-state index is 13.3. The van der Waals surface area contributed by atoms with Crippen LogP contribution >= 0.6 is 0 Å². The van der Waals surface area contributed by atoms with Crippen molar-refractivity contribution < 1.29 is 9.90 Å². The molecule has 3 aromatic rings. The zero-order valence-electron chi connectivity index (χ0n) is 15.1. The van der Waals surface area contributed by atoms with Crippen molar-refractivity contribution in [1.82, 2.24) is 19.8 Å². The lowest BCUT2D eigenvalue weighted by molar-refractivity contribution is 0.0617. The number of para-hydroxylation sites is 1. The molecule has 138 valence electrons. The predicted molar refractivity (Wildman–Crippen MR) is 104 cm³/mol. The van der Waals surface area contributed by atoms with Gasteiger partial charge in [-0.2, -0.15) is 0 Å². The summed E-state index contributed by atoms with van der Waals surface area (Å²) in [5.41, 5.74) is 2.92. The van der Waals surface area contributed by atoms with Crippen LogP contribution < -0.4 is 0 Å². The van der Waals surface area contributed by atoms with Crippen molar-refractivity contribution in [3.8, 4) is 11.4 Å². The quantitative estimate of drug-likeness (QED) is 0.769. The average Bonchev–Trinajstić information content (AvgIpc) is 2.74. The van der Waals surface area contributed by atoms with Gasteiger partial charge in [0.25, 0.3) is 5.91 Å². The van der Waals surface area contributed by atoms with Crippen molar-refractivity contribution >= 4 is 16.8 Å². The van der Waals surface area contributed by atoms with E-state index in [2.05, 4.69) is 9.88 Å². The van der Waals surface area contributed by atoms with Crippen LogP contribution in [-0.2, 0) is 0 Å². The molecule has 1 aliphatic rings. The van der Waals surface area contributed by atoms with Gasteiger partial charge in [-0.15, -0.1) is 0 Å². The molecule has 0 atom stereocenters. The monoisotopic (exact) mass is 362 g/mol. The van der Waals surface area contributed by atoms with Gasteiger partial charge in [-0.05, 0) is 24.3 Å². The lowest BCUT2D eigenvalue weighted by Crippen LogP contribution is -2.49. The Morgan fingerprint density at radius 3 is 2.52 bits per heavy atom. The van der Waals surface area contributed by atoms with Gasteiger partial charge in [-0.25, -0.2) is 4.98 Å². The molecular formula is C21H22N4O2. The molecule has 0 spiro atoms. The second kappa shape index (κ2) is 7.82. The first-order valence-corrected chi connectivity index (χ1v) is 9.20. The van der Waals surface area contributed by atoms with Crippen molar-refractivity contribution in [3.05, 3.63) is 60.3 Å². The molecule has 1 saturated heterocycles. The van der Waals surface area contributed by atoms with Gasteiger partial charge in [0.15, 0.2) is 0 Å². The molecular weight excluding hydrogens is 340 g/mol. The van der Waals surface area contributed by atoms with E-state index in [0.717, 1.165) is 29.7 Å². The maximum atomic E-state index is 13.3. The minimum absolute atomic E-state index is 0.0226. The van der Waals surface area contributed by atoms with E-state index in [9.17, 15) is 4.79 Å². The van der Waals surface area contributed by atoms with Gasteiger partial charge >= 0.3 is 0 Å². The summed E-state index contributed by atoms with van der Waals surface area (Å²) in [6.45, 7) is 3.69. The number of β-amino-alcohol motifs (C(OH)–C–C–N with tert-alkyl or cyclic N) is 1.